The van der Waals surface area contributed by atoms with Gasteiger partial charge in [-0.2, -0.15) is 0 Å². The molecule has 0 spiro atoms. The Labute approximate surface area is 71.1 Å². The summed E-state index contributed by atoms with van der Waals surface area (Å²) < 4.78 is 20.6. The van der Waals surface area contributed by atoms with Gasteiger partial charge in [0.05, 0.1) is 0 Å². The van der Waals surface area contributed by atoms with E-state index in [1.165, 1.54) is 0 Å². The Morgan fingerprint density at radius 3 is 1.73 bits per heavy atom. The highest BCUT2D eigenvalue weighted by molar-refractivity contribution is 6.69. The van der Waals surface area contributed by atoms with Crippen molar-refractivity contribution in [2.75, 3.05) is 28.4 Å². The molecule has 0 aromatic heterocycles. The lowest BCUT2D eigenvalue weighted by Crippen LogP contribution is -2.44. The maximum atomic E-state index is 5.19. The van der Waals surface area contributed by atoms with Gasteiger partial charge in [-0.25, -0.2) is 0 Å². The van der Waals surface area contributed by atoms with Crippen LogP contribution in [0.4, 0.5) is 0 Å². The third-order valence-corrected chi connectivity index (χ3v) is 7.09. The van der Waals surface area contributed by atoms with E-state index in [9.17, 15) is 0 Å². The molecule has 6 heteroatoms. The molecule has 0 saturated heterocycles. The van der Waals surface area contributed by atoms with Crippen molar-refractivity contribution in [2.24, 2.45) is 0 Å². The van der Waals surface area contributed by atoms with Gasteiger partial charge in [-0.1, -0.05) is 0 Å². The van der Waals surface area contributed by atoms with Crippen LogP contribution in [0.1, 0.15) is 0 Å². The zero-order valence-electron chi connectivity index (χ0n) is 7.55. The lowest BCUT2D eigenvalue weighted by Gasteiger charge is -2.23. The lowest BCUT2D eigenvalue weighted by atomic mass is 11.8. The first-order valence-electron chi connectivity index (χ1n) is 3.39. The summed E-state index contributed by atoms with van der Waals surface area (Å²) in [6.45, 7) is 0. The first kappa shape index (κ1) is 11.3. The van der Waals surface area contributed by atoms with Crippen molar-refractivity contribution >= 4 is 18.6 Å². The zero-order valence-corrected chi connectivity index (χ0v) is 9.96. The number of hydrogen-bond acceptors (Lipinski definition) is 4. The molecule has 0 aromatic rings. The fraction of sp³-hybridized carbons (Fsp3) is 1.00. The van der Waals surface area contributed by atoms with Crippen molar-refractivity contribution in [1.29, 1.82) is 0 Å². The van der Waals surface area contributed by atoms with Crippen molar-refractivity contribution in [2.45, 2.75) is 5.67 Å². The second kappa shape index (κ2) is 5.87. The highest BCUT2D eigenvalue weighted by Gasteiger charge is 2.37. The molecular formula is C5H16O4Si2. The van der Waals surface area contributed by atoms with Crippen LogP contribution in [-0.4, -0.2) is 47.0 Å². The molecule has 4 nitrogen and oxygen atoms in total. The van der Waals surface area contributed by atoms with Crippen LogP contribution in [0.15, 0.2) is 0 Å². The standard InChI is InChI=1S/C5H16O4Si2/c1-6-10-5-11(7-2,8-3)9-4/h5,10H2,1-4H3. The summed E-state index contributed by atoms with van der Waals surface area (Å²) in [5.74, 6) is 0. The fourth-order valence-electron chi connectivity index (χ4n) is 0.783. The maximum Gasteiger partial charge on any atom is 0.499 e. The molecule has 0 heterocycles. The van der Waals surface area contributed by atoms with Crippen LogP contribution in [0.3, 0.4) is 0 Å². The van der Waals surface area contributed by atoms with E-state index >= 15 is 0 Å². The molecule has 0 aromatic carbocycles. The summed E-state index contributed by atoms with van der Waals surface area (Å²) in [5, 5.41) is 0. The molecule has 68 valence electrons. The van der Waals surface area contributed by atoms with E-state index in [0.29, 0.717) is 0 Å². The van der Waals surface area contributed by atoms with Crippen LogP contribution in [0.2, 0.25) is 5.67 Å². The van der Waals surface area contributed by atoms with Crippen LogP contribution in [0.25, 0.3) is 0 Å². The lowest BCUT2D eigenvalue weighted by molar-refractivity contribution is 0.128. The second-order valence-electron chi connectivity index (χ2n) is 2.04. The molecule has 0 atom stereocenters. The first-order valence-corrected chi connectivity index (χ1v) is 6.90. The van der Waals surface area contributed by atoms with Crippen LogP contribution < -0.4 is 0 Å². The van der Waals surface area contributed by atoms with Gasteiger partial charge in [-0.05, 0) is 0 Å². The number of rotatable bonds is 6. The van der Waals surface area contributed by atoms with Crippen LogP contribution >= 0.6 is 0 Å². The van der Waals surface area contributed by atoms with Crippen molar-refractivity contribution in [3.8, 4) is 0 Å². The van der Waals surface area contributed by atoms with Gasteiger partial charge in [0.25, 0.3) is 0 Å². The largest absolute Gasteiger partial charge is 0.499 e. The molecule has 0 fully saturated rings. The van der Waals surface area contributed by atoms with Crippen LogP contribution in [0, 0.1) is 0 Å². The summed E-state index contributed by atoms with van der Waals surface area (Å²) in [5.41, 5.74) is 0.826. The SMILES string of the molecule is CO[SiH2]C[Si](OC)(OC)OC. The van der Waals surface area contributed by atoms with Gasteiger partial charge in [0.15, 0.2) is 9.76 Å². The Balaban J connectivity index is 3.84. The molecule has 0 aliphatic carbocycles. The molecule has 0 saturated carbocycles. The van der Waals surface area contributed by atoms with Gasteiger partial charge in [-0.15, -0.1) is 0 Å². The molecule has 0 aliphatic heterocycles. The second-order valence-corrected chi connectivity index (χ2v) is 7.61. The normalized spacial score (nSPS) is 13.1. The van der Waals surface area contributed by atoms with Crippen LogP contribution in [0.5, 0.6) is 0 Å². The highest BCUT2D eigenvalue weighted by atomic mass is 28.4. The molecule has 0 N–H and O–H groups in total. The zero-order chi connectivity index (χ0) is 8.74. The smallest absolute Gasteiger partial charge is 0.427 e. The van der Waals surface area contributed by atoms with Gasteiger partial charge in [0.2, 0.25) is 0 Å². The summed E-state index contributed by atoms with van der Waals surface area (Å²) in [6, 6.07) is 0. The molecule has 0 unspecified atom stereocenters. The highest BCUT2D eigenvalue weighted by Crippen LogP contribution is 2.10. The monoisotopic (exact) mass is 196 g/mol. The van der Waals surface area contributed by atoms with Crippen molar-refractivity contribution < 1.29 is 17.7 Å². The molecule has 0 rings (SSSR count). The predicted octanol–water partition coefficient (Wildman–Crippen LogP) is -0.448. The summed E-state index contributed by atoms with van der Waals surface area (Å²) in [4.78, 5) is 0. The van der Waals surface area contributed by atoms with E-state index in [1.54, 1.807) is 28.4 Å². The van der Waals surface area contributed by atoms with Gasteiger partial charge in [0, 0.05) is 34.1 Å². The Hall–Kier alpha value is 0.274. The average molecular weight is 196 g/mol. The minimum atomic E-state index is -2.30. The summed E-state index contributed by atoms with van der Waals surface area (Å²) >= 11 is 0. The minimum absolute atomic E-state index is 0.529. The summed E-state index contributed by atoms with van der Waals surface area (Å²) in [7, 11) is 3.71. The molecule has 0 radical (unpaired) electrons. The average Bonchev–Trinajstić information content (AvgIpc) is 2.08. The summed E-state index contributed by atoms with van der Waals surface area (Å²) in [6.07, 6.45) is 0. The minimum Gasteiger partial charge on any atom is -0.427 e. The molecule has 0 amide bonds. The Morgan fingerprint density at radius 1 is 1.00 bits per heavy atom. The van der Waals surface area contributed by atoms with E-state index < -0.39 is 18.6 Å². The fourth-order valence-corrected chi connectivity index (χ4v) is 5.55. The molecule has 0 aliphatic rings. The quantitative estimate of drug-likeness (QED) is 0.539. The molecule has 11 heavy (non-hydrogen) atoms. The Bertz CT molecular complexity index is 88.2. The van der Waals surface area contributed by atoms with Crippen molar-refractivity contribution in [1.82, 2.24) is 0 Å². The van der Waals surface area contributed by atoms with E-state index in [1.807, 2.05) is 0 Å². The van der Waals surface area contributed by atoms with E-state index in [2.05, 4.69) is 0 Å². The Kier molecular flexibility index (Phi) is 6.01. The third kappa shape index (κ3) is 3.45. The third-order valence-electron chi connectivity index (χ3n) is 1.55. The van der Waals surface area contributed by atoms with E-state index in [4.69, 9.17) is 17.7 Å². The van der Waals surface area contributed by atoms with Gasteiger partial charge in [-0.3, -0.25) is 0 Å². The van der Waals surface area contributed by atoms with Crippen molar-refractivity contribution in [3.05, 3.63) is 0 Å². The maximum absolute atomic E-state index is 5.19. The van der Waals surface area contributed by atoms with E-state index in [-0.39, 0.29) is 0 Å². The predicted molar refractivity (Wildman–Crippen MR) is 47.1 cm³/mol. The van der Waals surface area contributed by atoms with Crippen molar-refractivity contribution in [3.63, 3.8) is 0 Å². The van der Waals surface area contributed by atoms with Gasteiger partial charge >= 0.3 is 8.80 Å². The number of hydrogen-bond donors (Lipinski definition) is 0. The Morgan fingerprint density at radius 2 is 1.45 bits per heavy atom. The van der Waals surface area contributed by atoms with Gasteiger partial charge < -0.3 is 17.7 Å². The first-order chi connectivity index (χ1) is 5.24. The topological polar surface area (TPSA) is 36.9 Å². The molecule has 0 bridgehead atoms. The molecular weight excluding hydrogens is 180 g/mol. The van der Waals surface area contributed by atoms with E-state index in [0.717, 1.165) is 5.67 Å². The van der Waals surface area contributed by atoms with Gasteiger partial charge in [0.1, 0.15) is 0 Å². The van der Waals surface area contributed by atoms with Crippen LogP contribution in [-0.2, 0) is 17.7 Å².